The van der Waals surface area contributed by atoms with E-state index in [2.05, 4.69) is 5.32 Å². The smallest absolute Gasteiger partial charge is 0.246 e. The molecule has 0 radical (unpaired) electrons. The molecule has 0 heterocycles. The zero-order valence-corrected chi connectivity index (χ0v) is 10.8. The lowest BCUT2D eigenvalue weighted by Gasteiger charge is -2.40. The summed E-state index contributed by atoms with van der Waals surface area (Å²) >= 11 is 0. The molecule has 0 saturated heterocycles. The van der Waals surface area contributed by atoms with Gasteiger partial charge in [0.1, 0.15) is 6.61 Å². The Labute approximate surface area is 97.7 Å². The van der Waals surface area contributed by atoms with Crippen LogP contribution in [0.15, 0.2) is 0 Å². The average molecular weight is 229 g/mol. The molecule has 0 unspecified atom stereocenters. The second-order valence-electron chi connectivity index (χ2n) is 5.42. The van der Waals surface area contributed by atoms with Crippen LogP contribution in [0.2, 0.25) is 0 Å². The number of nitrogens with one attached hydrogen (secondary N) is 1. The summed E-state index contributed by atoms with van der Waals surface area (Å²) in [7, 11) is 1.71. The van der Waals surface area contributed by atoms with Gasteiger partial charge >= 0.3 is 0 Å². The lowest BCUT2D eigenvalue weighted by atomic mass is 9.80. The van der Waals surface area contributed by atoms with Crippen molar-refractivity contribution in [1.29, 1.82) is 0 Å². The van der Waals surface area contributed by atoms with Gasteiger partial charge < -0.3 is 14.8 Å². The van der Waals surface area contributed by atoms with Gasteiger partial charge in [-0.1, -0.05) is 0 Å². The predicted octanol–water partition coefficient (Wildman–Crippen LogP) is 1.49. The number of hydrogen-bond acceptors (Lipinski definition) is 3. The van der Waals surface area contributed by atoms with Crippen LogP contribution < -0.4 is 5.32 Å². The van der Waals surface area contributed by atoms with Gasteiger partial charge in [0.15, 0.2) is 0 Å². The second kappa shape index (κ2) is 5.15. The molecule has 0 aromatic carbocycles. The van der Waals surface area contributed by atoms with Crippen molar-refractivity contribution in [3.63, 3.8) is 0 Å². The van der Waals surface area contributed by atoms with E-state index in [-0.39, 0.29) is 23.7 Å². The molecular formula is C12H23NO3. The largest absolute Gasteiger partial charge is 0.376 e. The van der Waals surface area contributed by atoms with Crippen LogP contribution in [0.25, 0.3) is 0 Å². The molecular weight excluding hydrogens is 206 g/mol. The lowest BCUT2D eigenvalue weighted by Crippen LogP contribution is -2.50. The maximum Gasteiger partial charge on any atom is 0.246 e. The highest BCUT2D eigenvalue weighted by Gasteiger charge is 2.37. The molecule has 0 spiro atoms. The third-order valence-corrected chi connectivity index (χ3v) is 2.94. The van der Waals surface area contributed by atoms with Crippen molar-refractivity contribution >= 4 is 5.91 Å². The maximum absolute atomic E-state index is 11.5. The number of amides is 1. The molecule has 0 aromatic rings. The summed E-state index contributed by atoms with van der Waals surface area (Å²) in [5, 5.41) is 2.86. The Hall–Kier alpha value is -0.610. The quantitative estimate of drug-likeness (QED) is 0.777. The van der Waals surface area contributed by atoms with Crippen molar-refractivity contribution < 1.29 is 14.3 Å². The van der Waals surface area contributed by atoms with Crippen LogP contribution in [0.3, 0.4) is 0 Å². The first-order valence-corrected chi connectivity index (χ1v) is 5.83. The SMILES string of the molecule is COC1(CNC(=O)COC(C)(C)C)CCC1. The normalized spacial score (nSPS) is 19.0. The van der Waals surface area contributed by atoms with E-state index in [1.54, 1.807) is 7.11 Å². The molecule has 0 aromatic heterocycles. The highest BCUT2D eigenvalue weighted by Crippen LogP contribution is 2.34. The second-order valence-corrected chi connectivity index (χ2v) is 5.42. The van der Waals surface area contributed by atoms with E-state index in [0.717, 1.165) is 12.8 Å². The highest BCUT2D eigenvalue weighted by atomic mass is 16.5. The zero-order chi connectivity index (χ0) is 12.2. The van der Waals surface area contributed by atoms with Crippen molar-refractivity contribution in [2.45, 2.75) is 51.2 Å². The van der Waals surface area contributed by atoms with Crippen LogP contribution in [0.1, 0.15) is 40.0 Å². The number of carbonyl (C=O) groups excluding carboxylic acids is 1. The molecule has 94 valence electrons. The van der Waals surface area contributed by atoms with Crippen molar-refractivity contribution in [2.24, 2.45) is 0 Å². The summed E-state index contributed by atoms with van der Waals surface area (Å²) in [6, 6.07) is 0. The summed E-state index contributed by atoms with van der Waals surface area (Å²) in [5.41, 5.74) is -0.385. The summed E-state index contributed by atoms with van der Waals surface area (Å²) in [6.07, 6.45) is 3.25. The molecule has 4 heteroatoms. The Morgan fingerprint density at radius 2 is 2.00 bits per heavy atom. The summed E-state index contributed by atoms with van der Waals surface area (Å²) in [6.45, 7) is 6.51. The van der Waals surface area contributed by atoms with Gasteiger partial charge in [0.05, 0.1) is 11.2 Å². The molecule has 0 bridgehead atoms. The molecule has 4 nitrogen and oxygen atoms in total. The molecule has 16 heavy (non-hydrogen) atoms. The Kier molecular flexibility index (Phi) is 4.33. The van der Waals surface area contributed by atoms with E-state index in [1.807, 2.05) is 20.8 Å². The molecule has 1 fully saturated rings. The highest BCUT2D eigenvalue weighted by molar-refractivity contribution is 5.77. The number of ether oxygens (including phenoxy) is 2. The summed E-state index contributed by atoms with van der Waals surface area (Å²) in [4.78, 5) is 11.5. The third-order valence-electron chi connectivity index (χ3n) is 2.94. The summed E-state index contributed by atoms with van der Waals surface area (Å²) in [5.74, 6) is -0.0711. The molecule has 1 saturated carbocycles. The maximum atomic E-state index is 11.5. The molecule has 1 rings (SSSR count). The van der Waals surface area contributed by atoms with Crippen LogP contribution in [-0.2, 0) is 14.3 Å². The van der Waals surface area contributed by atoms with Gasteiger partial charge in [-0.25, -0.2) is 0 Å². The standard InChI is InChI=1S/C12H23NO3/c1-11(2,3)16-8-10(14)13-9-12(15-4)6-5-7-12/h5-9H2,1-4H3,(H,13,14). The van der Waals surface area contributed by atoms with Gasteiger partial charge in [-0.3, -0.25) is 4.79 Å². The number of rotatable bonds is 5. The Balaban J connectivity index is 2.20. The molecule has 0 aliphatic heterocycles. The van der Waals surface area contributed by atoms with E-state index in [0.29, 0.717) is 6.54 Å². The van der Waals surface area contributed by atoms with Crippen LogP contribution >= 0.6 is 0 Å². The number of methoxy groups -OCH3 is 1. The fourth-order valence-corrected chi connectivity index (χ4v) is 1.62. The van der Waals surface area contributed by atoms with Gasteiger partial charge in [-0.2, -0.15) is 0 Å². The van der Waals surface area contributed by atoms with Crippen LogP contribution in [0, 0.1) is 0 Å². The third kappa shape index (κ3) is 4.10. The minimum atomic E-state index is -0.271. The fraction of sp³-hybridized carbons (Fsp3) is 0.917. The van der Waals surface area contributed by atoms with E-state index < -0.39 is 0 Å². The van der Waals surface area contributed by atoms with Gasteiger partial charge in [-0.15, -0.1) is 0 Å². The van der Waals surface area contributed by atoms with E-state index >= 15 is 0 Å². The Morgan fingerprint density at radius 1 is 1.38 bits per heavy atom. The van der Waals surface area contributed by atoms with E-state index in [9.17, 15) is 4.79 Å². The van der Waals surface area contributed by atoms with Crippen molar-refractivity contribution in [3.05, 3.63) is 0 Å². The molecule has 1 N–H and O–H groups in total. The first-order chi connectivity index (χ1) is 7.37. The lowest BCUT2D eigenvalue weighted by molar-refractivity contribution is -0.133. The predicted molar refractivity (Wildman–Crippen MR) is 62.3 cm³/mol. The van der Waals surface area contributed by atoms with Gasteiger partial charge in [0.25, 0.3) is 0 Å². The van der Waals surface area contributed by atoms with Crippen molar-refractivity contribution in [1.82, 2.24) is 5.32 Å². The topological polar surface area (TPSA) is 47.6 Å². The minimum absolute atomic E-state index is 0.0711. The minimum Gasteiger partial charge on any atom is -0.376 e. The monoisotopic (exact) mass is 229 g/mol. The van der Waals surface area contributed by atoms with Crippen molar-refractivity contribution in [2.75, 3.05) is 20.3 Å². The van der Waals surface area contributed by atoms with Crippen molar-refractivity contribution in [3.8, 4) is 0 Å². The molecule has 1 aliphatic carbocycles. The van der Waals surface area contributed by atoms with E-state index in [4.69, 9.17) is 9.47 Å². The summed E-state index contributed by atoms with van der Waals surface area (Å²) < 4.78 is 10.8. The molecule has 1 aliphatic rings. The first-order valence-electron chi connectivity index (χ1n) is 5.83. The first kappa shape index (κ1) is 13.5. The zero-order valence-electron chi connectivity index (χ0n) is 10.8. The Morgan fingerprint density at radius 3 is 2.38 bits per heavy atom. The average Bonchev–Trinajstić information content (AvgIpc) is 2.13. The fourth-order valence-electron chi connectivity index (χ4n) is 1.62. The molecule has 0 atom stereocenters. The van der Waals surface area contributed by atoms with Gasteiger partial charge in [0.2, 0.25) is 5.91 Å². The molecule has 1 amide bonds. The van der Waals surface area contributed by atoms with E-state index in [1.165, 1.54) is 6.42 Å². The van der Waals surface area contributed by atoms with Gasteiger partial charge in [-0.05, 0) is 40.0 Å². The number of carbonyl (C=O) groups is 1. The van der Waals surface area contributed by atoms with Gasteiger partial charge in [0, 0.05) is 13.7 Å². The van der Waals surface area contributed by atoms with Crippen LogP contribution in [0.4, 0.5) is 0 Å². The van der Waals surface area contributed by atoms with Crippen LogP contribution in [-0.4, -0.2) is 37.4 Å². The Bertz CT molecular complexity index is 236. The number of hydrogen-bond donors (Lipinski definition) is 1. The van der Waals surface area contributed by atoms with Crippen LogP contribution in [0.5, 0.6) is 0 Å².